The van der Waals surface area contributed by atoms with Gasteiger partial charge in [-0.05, 0) is 31.0 Å². The van der Waals surface area contributed by atoms with Crippen molar-refractivity contribution in [3.8, 4) is 11.8 Å². The number of benzene rings is 1. The van der Waals surface area contributed by atoms with Crippen LogP contribution in [0.4, 0.5) is 4.79 Å². The highest BCUT2D eigenvalue weighted by Crippen LogP contribution is 2.17. The maximum atomic E-state index is 11.7. The van der Waals surface area contributed by atoms with Crippen molar-refractivity contribution in [3.63, 3.8) is 0 Å². The van der Waals surface area contributed by atoms with E-state index in [1.165, 1.54) is 12.5 Å². The number of nitrogens with one attached hydrogen (secondary N) is 2. The van der Waals surface area contributed by atoms with Gasteiger partial charge in [-0.15, -0.1) is 0 Å². The van der Waals surface area contributed by atoms with E-state index in [4.69, 9.17) is 10.00 Å². The fourth-order valence-corrected chi connectivity index (χ4v) is 2.44. The van der Waals surface area contributed by atoms with Gasteiger partial charge >= 0.3 is 6.03 Å². The number of ether oxygens (including phenoxy) is 1. The number of nitrogens with zero attached hydrogens (tertiary/aromatic N) is 1. The number of carbonyl (C=O) groups is 2. The second-order valence-electron chi connectivity index (χ2n) is 5.28. The molecule has 0 unspecified atom stereocenters. The molecule has 1 aromatic rings. The summed E-state index contributed by atoms with van der Waals surface area (Å²) in [5, 5.41) is 13.8. The molecular formula is C16H19N3O3. The molecule has 0 radical (unpaired) electrons. The van der Waals surface area contributed by atoms with Crippen LogP contribution in [0.25, 0.3) is 0 Å². The molecule has 1 aliphatic carbocycles. The van der Waals surface area contributed by atoms with Crippen LogP contribution in [-0.2, 0) is 4.79 Å². The van der Waals surface area contributed by atoms with Crippen LogP contribution in [0.3, 0.4) is 0 Å². The summed E-state index contributed by atoms with van der Waals surface area (Å²) in [4.78, 5) is 23.4. The van der Waals surface area contributed by atoms with E-state index >= 15 is 0 Å². The van der Waals surface area contributed by atoms with Crippen LogP contribution < -0.4 is 15.4 Å². The molecular weight excluding hydrogens is 282 g/mol. The van der Waals surface area contributed by atoms with Crippen molar-refractivity contribution < 1.29 is 14.3 Å². The quantitative estimate of drug-likeness (QED) is 0.891. The minimum Gasteiger partial charge on any atom is -0.484 e. The van der Waals surface area contributed by atoms with E-state index in [0.717, 1.165) is 25.7 Å². The van der Waals surface area contributed by atoms with Gasteiger partial charge in [0.05, 0.1) is 11.6 Å². The number of hydrogen-bond acceptors (Lipinski definition) is 4. The first-order valence-corrected chi connectivity index (χ1v) is 7.40. The van der Waals surface area contributed by atoms with E-state index in [1.54, 1.807) is 18.2 Å². The second-order valence-corrected chi connectivity index (χ2v) is 5.28. The topological polar surface area (TPSA) is 91.2 Å². The molecule has 2 N–H and O–H groups in total. The zero-order valence-corrected chi connectivity index (χ0v) is 12.3. The summed E-state index contributed by atoms with van der Waals surface area (Å²) in [5.74, 6) is -0.0995. The van der Waals surface area contributed by atoms with Gasteiger partial charge in [-0.25, -0.2) is 4.79 Å². The zero-order chi connectivity index (χ0) is 15.8. The highest BCUT2D eigenvalue weighted by molar-refractivity contribution is 5.95. The lowest BCUT2D eigenvalue weighted by atomic mass is 9.96. The van der Waals surface area contributed by atoms with Gasteiger partial charge in [0.15, 0.2) is 6.61 Å². The van der Waals surface area contributed by atoms with E-state index in [0.29, 0.717) is 11.3 Å². The summed E-state index contributed by atoms with van der Waals surface area (Å²) >= 11 is 0. The first-order chi connectivity index (χ1) is 10.7. The Bertz CT molecular complexity index is 574. The Morgan fingerprint density at radius 3 is 2.77 bits per heavy atom. The van der Waals surface area contributed by atoms with Crippen molar-refractivity contribution in [2.24, 2.45) is 0 Å². The Balaban J connectivity index is 1.72. The first-order valence-electron chi connectivity index (χ1n) is 7.40. The van der Waals surface area contributed by atoms with Crippen LogP contribution in [0.2, 0.25) is 0 Å². The van der Waals surface area contributed by atoms with Gasteiger partial charge in [-0.2, -0.15) is 5.26 Å². The summed E-state index contributed by atoms with van der Waals surface area (Å²) in [5.41, 5.74) is 0.452. The van der Waals surface area contributed by atoms with Crippen LogP contribution in [-0.4, -0.2) is 24.6 Å². The van der Waals surface area contributed by atoms with Crippen LogP contribution in [0.15, 0.2) is 24.3 Å². The summed E-state index contributed by atoms with van der Waals surface area (Å²) in [7, 11) is 0. The SMILES string of the molecule is N#Cc1cccc(OCC(=O)NC(=O)NC2CCCCC2)c1. The largest absolute Gasteiger partial charge is 0.484 e. The summed E-state index contributed by atoms with van der Waals surface area (Å²) < 4.78 is 5.26. The number of imide groups is 1. The Morgan fingerprint density at radius 1 is 1.27 bits per heavy atom. The number of urea groups is 1. The summed E-state index contributed by atoms with van der Waals surface area (Å²) in [6.07, 6.45) is 5.33. The predicted octanol–water partition coefficient (Wildman–Crippen LogP) is 2.10. The minimum atomic E-state index is -0.518. The van der Waals surface area contributed by atoms with Crippen LogP contribution in [0.1, 0.15) is 37.7 Å². The standard InChI is InChI=1S/C16H19N3O3/c17-10-12-5-4-8-14(9-12)22-11-15(20)19-16(21)18-13-6-2-1-3-7-13/h4-5,8-9,13H,1-3,6-7,11H2,(H2,18,19,20,21). The van der Waals surface area contributed by atoms with Crippen molar-refractivity contribution in [1.82, 2.24) is 10.6 Å². The minimum absolute atomic E-state index is 0.148. The van der Waals surface area contributed by atoms with Crippen LogP contribution in [0, 0.1) is 11.3 Å². The Labute approximate surface area is 129 Å². The number of amides is 3. The van der Waals surface area contributed by atoms with Crippen LogP contribution >= 0.6 is 0 Å². The average molecular weight is 301 g/mol. The fraction of sp³-hybridized carbons (Fsp3) is 0.438. The van der Waals surface area contributed by atoms with Gasteiger partial charge in [0, 0.05) is 6.04 Å². The lowest BCUT2D eigenvalue weighted by molar-refractivity contribution is -0.122. The fourth-order valence-electron chi connectivity index (χ4n) is 2.44. The first kappa shape index (κ1) is 15.8. The normalized spacial score (nSPS) is 14.7. The number of hydrogen-bond donors (Lipinski definition) is 2. The molecule has 1 fully saturated rings. The maximum absolute atomic E-state index is 11.7. The van der Waals surface area contributed by atoms with Gasteiger partial charge in [-0.3, -0.25) is 10.1 Å². The zero-order valence-electron chi connectivity index (χ0n) is 12.3. The molecule has 0 saturated heterocycles. The molecule has 0 atom stereocenters. The molecule has 0 aromatic heterocycles. The third-order valence-electron chi connectivity index (χ3n) is 3.53. The molecule has 0 aliphatic heterocycles. The predicted molar refractivity (Wildman–Crippen MR) is 80.2 cm³/mol. The van der Waals surface area contributed by atoms with Crippen molar-refractivity contribution in [3.05, 3.63) is 29.8 Å². The molecule has 6 heteroatoms. The molecule has 22 heavy (non-hydrogen) atoms. The summed E-state index contributed by atoms with van der Waals surface area (Å²) in [6.45, 7) is -0.271. The van der Waals surface area contributed by atoms with Crippen LogP contribution in [0.5, 0.6) is 5.75 Å². The van der Waals surface area contributed by atoms with Crippen molar-refractivity contribution in [2.45, 2.75) is 38.1 Å². The third kappa shape index (κ3) is 5.09. The highest BCUT2D eigenvalue weighted by atomic mass is 16.5. The number of carbonyl (C=O) groups excluding carboxylic acids is 2. The number of nitriles is 1. The molecule has 1 aromatic carbocycles. The summed E-state index contributed by atoms with van der Waals surface area (Å²) in [6, 6.07) is 8.15. The maximum Gasteiger partial charge on any atom is 0.321 e. The van der Waals surface area contributed by atoms with Crippen molar-refractivity contribution in [2.75, 3.05) is 6.61 Å². The molecule has 3 amide bonds. The van der Waals surface area contributed by atoms with E-state index in [-0.39, 0.29) is 12.6 Å². The third-order valence-corrected chi connectivity index (χ3v) is 3.53. The van der Waals surface area contributed by atoms with E-state index in [2.05, 4.69) is 10.6 Å². The smallest absolute Gasteiger partial charge is 0.321 e. The monoisotopic (exact) mass is 301 g/mol. The Hall–Kier alpha value is -2.55. The van der Waals surface area contributed by atoms with E-state index < -0.39 is 11.9 Å². The molecule has 116 valence electrons. The molecule has 0 bridgehead atoms. The molecule has 6 nitrogen and oxygen atoms in total. The Kier molecular flexibility index (Phi) is 5.78. The van der Waals surface area contributed by atoms with E-state index in [9.17, 15) is 9.59 Å². The Morgan fingerprint density at radius 2 is 2.05 bits per heavy atom. The molecule has 2 rings (SSSR count). The van der Waals surface area contributed by atoms with Gasteiger partial charge in [-0.1, -0.05) is 25.3 Å². The van der Waals surface area contributed by atoms with Gasteiger partial charge in [0.2, 0.25) is 0 Å². The second kappa shape index (κ2) is 8.03. The molecule has 1 aliphatic rings. The van der Waals surface area contributed by atoms with Gasteiger partial charge in [0.25, 0.3) is 5.91 Å². The molecule has 0 spiro atoms. The molecule has 1 saturated carbocycles. The van der Waals surface area contributed by atoms with Crippen molar-refractivity contribution >= 4 is 11.9 Å². The van der Waals surface area contributed by atoms with Gasteiger partial charge < -0.3 is 10.1 Å². The molecule has 0 heterocycles. The lowest BCUT2D eigenvalue weighted by Crippen LogP contribution is -2.46. The number of rotatable bonds is 4. The van der Waals surface area contributed by atoms with E-state index in [1.807, 2.05) is 6.07 Å². The highest BCUT2D eigenvalue weighted by Gasteiger charge is 2.17. The van der Waals surface area contributed by atoms with Gasteiger partial charge in [0.1, 0.15) is 5.75 Å². The van der Waals surface area contributed by atoms with Crippen molar-refractivity contribution in [1.29, 1.82) is 5.26 Å². The average Bonchev–Trinajstić information content (AvgIpc) is 2.54. The lowest BCUT2D eigenvalue weighted by Gasteiger charge is -2.22.